The summed E-state index contributed by atoms with van der Waals surface area (Å²) < 4.78 is 5.31. The molecule has 1 saturated heterocycles. The molecule has 12 nitrogen and oxygen atoms in total. The number of hydrogen-bond acceptors (Lipinski definition) is 8. The highest BCUT2D eigenvalue weighted by molar-refractivity contribution is 6.52. The lowest BCUT2D eigenvalue weighted by Crippen LogP contribution is -2.45. The Morgan fingerprint density at radius 3 is 2.58 bits per heavy atom. The monoisotopic (exact) mass is 452 g/mol. The van der Waals surface area contributed by atoms with Crippen LogP contribution < -0.4 is 15.6 Å². The number of benzene rings is 2. The van der Waals surface area contributed by atoms with Crippen LogP contribution in [-0.2, 0) is 9.53 Å². The average Bonchev–Trinajstić information content (AvgIpc) is 3.04. The van der Waals surface area contributed by atoms with E-state index >= 15 is 0 Å². The summed E-state index contributed by atoms with van der Waals surface area (Å²) in [5.41, 5.74) is 3.83. The van der Waals surface area contributed by atoms with Crippen molar-refractivity contribution < 1.29 is 24.0 Å². The molecule has 2 aliphatic rings. The fourth-order valence-corrected chi connectivity index (χ4v) is 3.47. The standard InChI is InChI=1S/C21H20N6O6/c28-19-17-11-15(3-6-18(17)26(20(19)29)13-25-7-9-33-10-8-25)23-21(30)24-22-12-14-1-4-16(5-2-14)27(31)32/h1-6,11-12H,7-10,13H2,(H2,23,24,30)/b22-12+. The summed E-state index contributed by atoms with van der Waals surface area (Å²) in [6, 6.07) is 9.65. The molecule has 0 radical (unpaired) electrons. The van der Waals surface area contributed by atoms with Gasteiger partial charge in [0, 0.05) is 30.9 Å². The fraction of sp³-hybridized carbons (Fsp3) is 0.238. The number of fused-ring (bicyclic) bond motifs is 1. The van der Waals surface area contributed by atoms with Gasteiger partial charge in [-0.15, -0.1) is 0 Å². The Morgan fingerprint density at radius 1 is 1.15 bits per heavy atom. The molecule has 33 heavy (non-hydrogen) atoms. The Balaban J connectivity index is 1.37. The number of Topliss-reactive ketones (excluding diaryl/α,β-unsaturated/α-hetero) is 1. The zero-order valence-electron chi connectivity index (χ0n) is 17.4. The summed E-state index contributed by atoms with van der Waals surface area (Å²) in [4.78, 5) is 50.7. The zero-order valence-corrected chi connectivity index (χ0v) is 17.4. The topological polar surface area (TPSA) is 146 Å². The lowest BCUT2D eigenvalue weighted by Gasteiger charge is -2.30. The van der Waals surface area contributed by atoms with Crippen LogP contribution in [0.25, 0.3) is 0 Å². The number of carbonyl (C=O) groups excluding carboxylic acids is 3. The summed E-state index contributed by atoms with van der Waals surface area (Å²) in [7, 11) is 0. The van der Waals surface area contributed by atoms with Crippen LogP contribution in [0, 0.1) is 10.1 Å². The number of nitrogens with zero attached hydrogens (tertiary/aromatic N) is 4. The maximum absolute atomic E-state index is 12.5. The van der Waals surface area contributed by atoms with E-state index in [0.29, 0.717) is 49.9 Å². The maximum Gasteiger partial charge on any atom is 0.339 e. The number of amides is 3. The molecule has 2 aliphatic heterocycles. The van der Waals surface area contributed by atoms with Gasteiger partial charge in [0.25, 0.3) is 11.5 Å². The molecule has 2 heterocycles. The van der Waals surface area contributed by atoms with Crippen LogP contribution >= 0.6 is 0 Å². The van der Waals surface area contributed by atoms with Crippen molar-refractivity contribution in [1.82, 2.24) is 10.3 Å². The third kappa shape index (κ3) is 5.02. The first-order chi connectivity index (χ1) is 15.9. The minimum Gasteiger partial charge on any atom is -0.379 e. The van der Waals surface area contributed by atoms with Crippen LogP contribution in [0.5, 0.6) is 0 Å². The highest BCUT2D eigenvalue weighted by atomic mass is 16.6. The largest absolute Gasteiger partial charge is 0.379 e. The van der Waals surface area contributed by atoms with Gasteiger partial charge in [0.2, 0.25) is 0 Å². The Bertz CT molecular complexity index is 1130. The number of ether oxygens (including phenoxy) is 1. The Morgan fingerprint density at radius 2 is 1.88 bits per heavy atom. The summed E-state index contributed by atoms with van der Waals surface area (Å²) in [6.07, 6.45) is 1.33. The second-order valence-corrected chi connectivity index (χ2v) is 7.34. The predicted molar refractivity (Wildman–Crippen MR) is 118 cm³/mol. The van der Waals surface area contributed by atoms with Crippen molar-refractivity contribution in [2.75, 3.05) is 43.2 Å². The minimum absolute atomic E-state index is 0.0500. The summed E-state index contributed by atoms with van der Waals surface area (Å²) in [5, 5.41) is 17.0. The van der Waals surface area contributed by atoms with Gasteiger partial charge in [-0.1, -0.05) is 0 Å². The van der Waals surface area contributed by atoms with Gasteiger partial charge in [-0.2, -0.15) is 5.10 Å². The average molecular weight is 452 g/mol. The van der Waals surface area contributed by atoms with Crippen molar-refractivity contribution >= 4 is 41.0 Å². The lowest BCUT2D eigenvalue weighted by atomic mass is 10.1. The van der Waals surface area contributed by atoms with Gasteiger partial charge in [-0.25, -0.2) is 10.2 Å². The zero-order chi connectivity index (χ0) is 23.4. The van der Waals surface area contributed by atoms with Gasteiger partial charge in [-0.05, 0) is 35.9 Å². The second-order valence-electron chi connectivity index (χ2n) is 7.34. The Kier molecular flexibility index (Phi) is 6.38. The normalized spacial score (nSPS) is 16.2. The van der Waals surface area contributed by atoms with E-state index in [0.717, 1.165) is 0 Å². The molecule has 170 valence electrons. The van der Waals surface area contributed by atoms with Crippen LogP contribution in [0.3, 0.4) is 0 Å². The molecule has 0 atom stereocenters. The number of nitro benzene ring substituents is 1. The molecule has 2 aromatic carbocycles. The molecule has 4 rings (SSSR count). The van der Waals surface area contributed by atoms with E-state index in [1.807, 2.05) is 4.90 Å². The highest BCUT2D eigenvalue weighted by Gasteiger charge is 2.37. The second kappa shape index (κ2) is 9.54. The first-order valence-electron chi connectivity index (χ1n) is 10.1. The molecule has 3 amide bonds. The van der Waals surface area contributed by atoms with E-state index in [1.165, 1.54) is 41.4 Å². The van der Waals surface area contributed by atoms with E-state index in [2.05, 4.69) is 15.8 Å². The third-order valence-electron chi connectivity index (χ3n) is 5.16. The number of rotatable bonds is 6. The van der Waals surface area contributed by atoms with Crippen LogP contribution in [0.15, 0.2) is 47.6 Å². The van der Waals surface area contributed by atoms with Crippen molar-refractivity contribution in [3.63, 3.8) is 0 Å². The van der Waals surface area contributed by atoms with E-state index in [9.17, 15) is 24.5 Å². The quantitative estimate of drug-likeness (QED) is 0.293. The van der Waals surface area contributed by atoms with Crippen molar-refractivity contribution in [2.45, 2.75) is 0 Å². The van der Waals surface area contributed by atoms with Crippen LogP contribution in [-0.4, -0.2) is 66.7 Å². The van der Waals surface area contributed by atoms with E-state index in [4.69, 9.17) is 4.74 Å². The number of nitro groups is 1. The van der Waals surface area contributed by atoms with E-state index < -0.39 is 22.6 Å². The summed E-state index contributed by atoms with van der Waals surface area (Å²) in [6.45, 7) is 2.80. The molecule has 0 aliphatic carbocycles. The van der Waals surface area contributed by atoms with Crippen LogP contribution in [0.1, 0.15) is 15.9 Å². The summed E-state index contributed by atoms with van der Waals surface area (Å²) >= 11 is 0. The molecule has 0 bridgehead atoms. The molecular formula is C21H20N6O6. The molecule has 0 spiro atoms. The number of non-ortho nitro benzene ring substituents is 1. The molecule has 2 N–H and O–H groups in total. The minimum atomic E-state index is -0.657. The third-order valence-corrected chi connectivity index (χ3v) is 5.16. The number of carbonyl (C=O) groups is 3. The number of anilines is 2. The lowest BCUT2D eigenvalue weighted by molar-refractivity contribution is -0.384. The molecule has 0 saturated carbocycles. The molecule has 0 aromatic heterocycles. The van der Waals surface area contributed by atoms with Gasteiger partial charge >= 0.3 is 11.9 Å². The molecular weight excluding hydrogens is 432 g/mol. The Labute approximate surface area is 187 Å². The first-order valence-corrected chi connectivity index (χ1v) is 10.1. The number of hydrazone groups is 1. The molecule has 0 unspecified atom stereocenters. The number of morpholine rings is 1. The van der Waals surface area contributed by atoms with Crippen molar-refractivity contribution in [2.24, 2.45) is 5.10 Å². The van der Waals surface area contributed by atoms with E-state index in [-0.39, 0.29) is 11.3 Å². The number of urea groups is 1. The predicted octanol–water partition coefficient (Wildman–Crippen LogP) is 1.57. The smallest absolute Gasteiger partial charge is 0.339 e. The number of ketones is 1. The summed E-state index contributed by atoms with van der Waals surface area (Å²) in [5.74, 6) is -1.23. The van der Waals surface area contributed by atoms with Gasteiger partial charge < -0.3 is 10.1 Å². The molecule has 12 heteroatoms. The van der Waals surface area contributed by atoms with Gasteiger partial charge in [-0.3, -0.25) is 29.5 Å². The maximum atomic E-state index is 12.5. The van der Waals surface area contributed by atoms with Gasteiger partial charge in [0.1, 0.15) is 0 Å². The fourth-order valence-electron chi connectivity index (χ4n) is 3.47. The van der Waals surface area contributed by atoms with Gasteiger partial charge in [0.15, 0.2) is 0 Å². The highest BCUT2D eigenvalue weighted by Crippen LogP contribution is 2.31. The van der Waals surface area contributed by atoms with Crippen molar-refractivity contribution in [3.05, 3.63) is 63.7 Å². The SMILES string of the molecule is O=C(N/N=C/c1ccc([N+](=O)[O-])cc1)Nc1ccc2c(c1)C(=O)C(=O)N2CN1CCOCC1. The first kappa shape index (κ1) is 22.0. The van der Waals surface area contributed by atoms with E-state index in [1.54, 1.807) is 12.1 Å². The van der Waals surface area contributed by atoms with Crippen LogP contribution in [0.2, 0.25) is 0 Å². The Hall–Kier alpha value is -4.16. The molecule has 2 aromatic rings. The van der Waals surface area contributed by atoms with Crippen molar-refractivity contribution in [1.29, 1.82) is 0 Å². The molecule has 1 fully saturated rings. The van der Waals surface area contributed by atoms with Crippen LogP contribution in [0.4, 0.5) is 21.9 Å². The number of nitrogens with one attached hydrogen (secondary N) is 2. The van der Waals surface area contributed by atoms with Crippen molar-refractivity contribution in [3.8, 4) is 0 Å². The number of hydrogen-bond donors (Lipinski definition) is 2. The van der Waals surface area contributed by atoms with Gasteiger partial charge in [0.05, 0.1) is 42.3 Å².